The number of halogens is 4. The van der Waals surface area contributed by atoms with Gasteiger partial charge in [0.05, 0.1) is 11.1 Å². The lowest BCUT2D eigenvalue weighted by atomic mass is 10.1. The number of hydrogen-bond acceptors (Lipinski definition) is 4. The molecule has 0 aromatic heterocycles. The molecule has 7 nitrogen and oxygen atoms in total. The highest BCUT2D eigenvalue weighted by Gasteiger charge is 2.31. The molecule has 0 atom stereocenters. The Bertz CT molecular complexity index is 1300. The summed E-state index contributed by atoms with van der Waals surface area (Å²) < 4.78 is 52.2. The van der Waals surface area contributed by atoms with E-state index in [4.69, 9.17) is 5.73 Å². The van der Waals surface area contributed by atoms with Gasteiger partial charge in [-0.1, -0.05) is 18.2 Å². The van der Waals surface area contributed by atoms with Crippen molar-refractivity contribution in [1.82, 2.24) is 10.2 Å². The number of nitrogens with two attached hydrogens (primary N) is 1. The van der Waals surface area contributed by atoms with E-state index in [1.165, 1.54) is 29.2 Å². The number of rotatable bonds is 5. The molecule has 0 saturated carbocycles. The van der Waals surface area contributed by atoms with Crippen LogP contribution in [0.3, 0.4) is 0 Å². The molecule has 0 spiro atoms. The van der Waals surface area contributed by atoms with Crippen molar-refractivity contribution in [3.05, 3.63) is 89.2 Å². The summed E-state index contributed by atoms with van der Waals surface area (Å²) in [6.45, 7) is 1.85. The van der Waals surface area contributed by atoms with Crippen LogP contribution in [0.4, 0.5) is 39.4 Å². The largest absolute Gasteiger partial charge is 0.416 e. The van der Waals surface area contributed by atoms with Crippen LogP contribution in [-0.2, 0) is 12.7 Å². The molecule has 1 heterocycles. The molecule has 0 bridgehead atoms. The Morgan fingerprint density at radius 3 is 2.42 bits per heavy atom. The van der Waals surface area contributed by atoms with Crippen LogP contribution in [-0.4, -0.2) is 43.0 Å². The normalized spacial score (nSPS) is 14.1. The third-order valence-electron chi connectivity index (χ3n) is 6.20. The Morgan fingerprint density at radius 2 is 1.68 bits per heavy atom. The number of nitrogens with zero attached hydrogens (tertiary/aromatic N) is 2. The lowest BCUT2D eigenvalue weighted by molar-refractivity contribution is -0.137. The van der Waals surface area contributed by atoms with Crippen molar-refractivity contribution in [3.63, 3.8) is 0 Å². The molecule has 3 amide bonds. The molecule has 4 rings (SSSR count). The molecule has 3 aromatic rings. The van der Waals surface area contributed by atoms with Gasteiger partial charge >= 0.3 is 12.2 Å². The summed E-state index contributed by atoms with van der Waals surface area (Å²) in [5, 5.41) is 5.37. The number of urea groups is 1. The molecule has 38 heavy (non-hydrogen) atoms. The van der Waals surface area contributed by atoms with E-state index in [0.29, 0.717) is 49.5 Å². The zero-order valence-corrected chi connectivity index (χ0v) is 20.4. The van der Waals surface area contributed by atoms with E-state index in [1.54, 1.807) is 30.3 Å². The molecule has 11 heteroatoms. The molecule has 1 fully saturated rings. The predicted molar refractivity (Wildman–Crippen MR) is 137 cm³/mol. The molecule has 200 valence electrons. The van der Waals surface area contributed by atoms with E-state index in [1.807, 2.05) is 4.90 Å². The summed E-state index contributed by atoms with van der Waals surface area (Å²) in [6, 6.07) is 14.8. The number of hydrogen-bond donors (Lipinski definition) is 3. The van der Waals surface area contributed by atoms with Crippen molar-refractivity contribution in [3.8, 4) is 0 Å². The molecule has 1 aliphatic heterocycles. The van der Waals surface area contributed by atoms with Gasteiger partial charge in [-0.05, 0) is 60.5 Å². The van der Waals surface area contributed by atoms with E-state index < -0.39 is 17.8 Å². The summed E-state index contributed by atoms with van der Waals surface area (Å²) in [4.78, 5) is 29.3. The van der Waals surface area contributed by atoms with Gasteiger partial charge < -0.3 is 26.2 Å². The van der Waals surface area contributed by atoms with E-state index >= 15 is 0 Å². The molecule has 0 radical (unpaired) electrons. The van der Waals surface area contributed by atoms with Crippen LogP contribution in [0, 0.1) is 5.82 Å². The van der Waals surface area contributed by atoms with Crippen LogP contribution < -0.4 is 21.3 Å². The zero-order chi connectivity index (χ0) is 27.3. The third kappa shape index (κ3) is 6.72. The quantitative estimate of drug-likeness (QED) is 0.317. The first-order valence-corrected chi connectivity index (χ1v) is 12.0. The summed E-state index contributed by atoms with van der Waals surface area (Å²) in [5.41, 5.74) is 7.34. The van der Waals surface area contributed by atoms with Crippen molar-refractivity contribution in [2.24, 2.45) is 0 Å². The van der Waals surface area contributed by atoms with E-state index in [0.717, 1.165) is 17.7 Å². The Kier molecular flexibility index (Phi) is 8.04. The van der Waals surface area contributed by atoms with E-state index in [9.17, 15) is 27.2 Å². The lowest BCUT2D eigenvalue weighted by Crippen LogP contribution is -2.38. The van der Waals surface area contributed by atoms with E-state index in [2.05, 4.69) is 10.6 Å². The van der Waals surface area contributed by atoms with Gasteiger partial charge in [-0.3, -0.25) is 4.79 Å². The third-order valence-corrected chi connectivity index (χ3v) is 6.20. The summed E-state index contributed by atoms with van der Waals surface area (Å²) in [6.07, 6.45) is -3.93. The highest BCUT2D eigenvalue weighted by molar-refractivity contribution is 6.00. The zero-order valence-electron chi connectivity index (χ0n) is 20.4. The highest BCUT2D eigenvalue weighted by atomic mass is 19.4. The number of carbonyl (C=O) groups excluding carboxylic acids is 2. The first-order chi connectivity index (χ1) is 18.1. The van der Waals surface area contributed by atoms with Crippen LogP contribution in [0.2, 0.25) is 0 Å². The molecule has 0 aliphatic carbocycles. The standard InChI is InChI=1S/C27H27F4N5O2/c28-20-7-5-18(6-8-20)17-33-25(37)23-16-21(32)9-10-24(23)35-11-2-12-36(14-13-35)26(38)34-22-4-1-3-19(15-22)27(29,30)31/h1,3-10,15-16H,2,11-14,17,32H2,(H,33,37)(H,34,38). The second-order valence-electron chi connectivity index (χ2n) is 8.92. The maximum atomic E-state index is 13.2. The fourth-order valence-electron chi connectivity index (χ4n) is 4.23. The molecular weight excluding hydrogens is 502 g/mol. The van der Waals surface area contributed by atoms with Crippen LogP contribution in [0.15, 0.2) is 66.7 Å². The Labute approximate surface area is 217 Å². The SMILES string of the molecule is Nc1ccc(N2CCCN(C(=O)Nc3cccc(C(F)(F)F)c3)CC2)c(C(=O)NCc2ccc(F)cc2)c1. The number of anilines is 3. The predicted octanol–water partition coefficient (Wildman–Crippen LogP) is 5.10. The van der Waals surface area contributed by atoms with Gasteiger partial charge in [0.2, 0.25) is 0 Å². The first-order valence-electron chi connectivity index (χ1n) is 12.0. The minimum atomic E-state index is -4.51. The van der Waals surface area contributed by atoms with E-state index in [-0.39, 0.29) is 24.0 Å². The fraction of sp³-hybridized carbons (Fsp3) is 0.259. The molecule has 1 aliphatic rings. The van der Waals surface area contributed by atoms with Crippen molar-refractivity contribution >= 4 is 29.0 Å². The van der Waals surface area contributed by atoms with Gasteiger partial charge in [0, 0.05) is 49.8 Å². The smallest absolute Gasteiger partial charge is 0.399 e. The lowest BCUT2D eigenvalue weighted by Gasteiger charge is -2.26. The Balaban J connectivity index is 1.42. The monoisotopic (exact) mass is 529 g/mol. The van der Waals surface area contributed by atoms with Gasteiger partial charge in [-0.15, -0.1) is 0 Å². The maximum Gasteiger partial charge on any atom is 0.416 e. The summed E-state index contributed by atoms with van der Waals surface area (Å²) in [7, 11) is 0. The number of benzene rings is 3. The van der Waals surface area contributed by atoms with Crippen molar-refractivity contribution in [1.29, 1.82) is 0 Å². The number of nitrogen functional groups attached to an aromatic ring is 1. The van der Waals surface area contributed by atoms with Crippen molar-refractivity contribution in [2.45, 2.75) is 19.1 Å². The maximum absolute atomic E-state index is 13.2. The Morgan fingerprint density at radius 1 is 0.921 bits per heavy atom. The average Bonchev–Trinajstić information content (AvgIpc) is 3.14. The molecular formula is C27H27F4N5O2. The number of amides is 3. The van der Waals surface area contributed by atoms with Crippen LogP contribution in [0.25, 0.3) is 0 Å². The number of alkyl halides is 3. The summed E-state index contributed by atoms with van der Waals surface area (Å²) in [5.74, 6) is -0.711. The fourth-order valence-corrected chi connectivity index (χ4v) is 4.23. The van der Waals surface area contributed by atoms with Crippen LogP contribution in [0.5, 0.6) is 0 Å². The minimum Gasteiger partial charge on any atom is -0.399 e. The average molecular weight is 530 g/mol. The van der Waals surface area contributed by atoms with Gasteiger partial charge in [-0.25, -0.2) is 9.18 Å². The van der Waals surface area contributed by atoms with Crippen LogP contribution >= 0.6 is 0 Å². The van der Waals surface area contributed by atoms with Gasteiger partial charge in [0.1, 0.15) is 5.82 Å². The topological polar surface area (TPSA) is 90.7 Å². The second kappa shape index (κ2) is 11.4. The van der Waals surface area contributed by atoms with Crippen molar-refractivity contribution < 1.29 is 27.2 Å². The van der Waals surface area contributed by atoms with Gasteiger partial charge in [0.25, 0.3) is 5.91 Å². The highest BCUT2D eigenvalue weighted by Crippen LogP contribution is 2.31. The first kappa shape index (κ1) is 26.8. The van der Waals surface area contributed by atoms with Gasteiger partial charge in [-0.2, -0.15) is 13.2 Å². The summed E-state index contributed by atoms with van der Waals surface area (Å²) >= 11 is 0. The molecule has 4 N–H and O–H groups in total. The number of nitrogens with one attached hydrogen (secondary N) is 2. The minimum absolute atomic E-state index is 0.0598. The molecule has 3 aromatic carbocycles. The van der Waals surface area contributed by atoms with Gasteiger partial charge in [0.15, 0.2) is 0 Å². The molecule has 0 unspecified atom stereocenters. The number of carbonyl (C=O) groups is 2. The van der Waals surface area contributed by atoms with Crippen LogP contribution in [0.1, 0.15) is 27.9 Å². The second-order valence-corrected chi connectivity index (χ2v) is 8.92. The van der Waals surface area contributed by atoms with Crippen molar-refractivity contribution in [2.75, 3.05) is 42.1 Å². The Hall–Kier alpha value is -4.28. The molecule has 1 saturated heterocycles.